The van der Waals surface area contributed by atoms with Crippen LogP contribution in [0.3, 0.4) is 0 Å². The van der Waals surface area contributed by atoms with Crippen LogP contribution in [-0.4, -0.2) is 38.0 Å². The fourth-order valence-corrected chi connectivity index (χ4v) is 1.83. The highest BCUT2D eigenvalue weighted by Gasteiger charge is 2.21. The lowest BCUT2D eigenvalue weighted by Crippen LogP contribution is -2.40. The van der Waals surface area contributed by atoms with Gasteiger partial charge in [-0.25, -0.2) is 4.39 Å². The molecule has 0 heterocycles. The maximum atomic E-state index is 13.0. The number of rotatable bonds is 4. The minimum Gasteiger partial charge on any atom is -0.330 e. The van der Waals surface area contributed by atoms with Crippen LogP contribution in [0.4, 0.5) is 4.39 Å². The van der Waals surface area contributed by atoms with Crippen LogP contribution in [0.1, 0.15) is 17.3 Å². The lowest BCUT2D eigenvalue weighted by Gasteiger charge is -2.26. The number of halogens is 1. The molecule has 1 aromatic carbocycles. The van der Waals surface area contributed by atoms with Gasteiger partial charge in [0.15, 0.2) is 5.78 Å². The van der Waals surface area contributed by atoms with Crippen molar-refractivity contribution >= 4 is 5.78 Å². The highest BCUT2D eigenvalue weighted by Crippen LogP contribution is 2.12. The second-order valence-electron chi connectivity index (χ2n) is 5.25. The highest BCUT2D eigenvalue weighted by molar-refractivity contribution is 5.97. The molecule has 0 aliphatic rings. The zero-order valence-corrected chi connectivity index (χ0v) is 10.3. The minimum atomic E-state index is -0.358. The van der Waals surface area contributed by atoms with E-state index in [4.69, 9.17) is 0 Å². The van der Waals surface area contributed by atoms with Gasteiger partial charge in [-0.1, -0.05) is 12.1 Å². The maximum Gasteiger partial charge on any atom is 0.171 e. The van der Waals surface area contributed by atoms with E-state index in [1.165, 1.54) is 12.1 Å². The van der Waals surface area contributed by atoms with Crippen molar-refractivity contribution in [2.45, 2.75) is 6.92 Å². The number of quaternary nitrogens is 1. The Kier molecular flexibility index (Phi) is 3.81. The summed E-state index contributed by atoms with van der Waals surface area (Å²) in [6.45, 7) is 2.63. The van der Waals surface area contributed by atoms with E-state index in [9.17, 15) is 9.18 Å². The number of carbonyl (C=O) groups excluding carboxylic acids is 1. The molecule has 1 aromatic rings. The third-order valence-corrected chi connectivity index (χ3v) is 2.38. The topological polar surface area (TPSA) is 17.1 Å². The van der Waals surface area contributed by atoms with Crippen molar-refractivity contribution in [3.8, 4) is 0 Å². The SMILES string of the molecule is CC(C[N+](C)(C)C)C(=O)c1cccc(F)c1. The minimum absolute atomic E-state index is 0.00699. The van der Waals surface area contributed by atoms with Crippen LogP contribution in [0.25, 0.3) is 0 Å². The van der Waals surface area contributed by atoms with E-state index in [0.717, 1.165) is 11.0 Å². The quantitative estimate of drug-likeness (QED) is 0.567. The standard InChI is InChI=1S/C13H19FNO/c1-10(9-15(2,3)4)13(16)11-6-5-7-12(14)8-11/h5-8,10H,9H2,1-4H3/q+1. The predicted molar refractivity (Wildman–Crippen MR) is 62.8 cm³/mol. The van der Waals surface area contributed by atoms with Crippen LogP contribution < -0.4 is 0 Å². The molecular weight excluding hydrogens is 205 g/mol. The Bertz CT molecular complexity index is 382. The largest absolute Gasteiger partial charge is 0.330 e. The van der Waals surface area contributed by atoms with Crippen molar-refractivity contribution in [2.75, 3.05) is 27.7 Å². The van der Waals surface area contributed by atoms with Crippen molar-refractivity contribution in [3.05, 3.63) is 35.6 Å². The molecule has 0 bridgehead atoms. The van der Waals surface area contributed by atoms with Gasteiger partial charge in [-0.15, -0.1) is 0 Å². The van der Waals surface area contributed by atoms with Gasteiger partial charge in [-0.2, -0.15) is 0 Å². The molecule has 0 N–H and O–H groups in total. The van der Waals surface area contributed by atoms with Crippen molar-refractivity contribution in [3.63, 3.8) is 0 Å². The van der Waals surface area contributed by atoms with Gasteiger partial charge < -0.3 is 4.48 Å². The number of hydrogen-bond acceptors (Lipinski definition) is 1. The molecule has 0 aromatic heterocycles. The zero-order chi connectivity index (χ0) is 12.3. The summed E-state index contributed by atoms with van der Waals surface area (Å²) in [6, 6.07) is 5.88. The molecule has 0 fully saturated rings. The van der Waals surface area contributed by atoms with Gasteiger partial charge in [0.2, 0.25) is 0 Å². The molecule has 1 unspecified atom stereocenters. The molecule has 1 atom stereocenters. The average molecular weight is 224 g/mol. The van der Waals surface area contributed by atoms with E-state index in [0.29, 0.717) is 5.56 Å². The summed E-state index contributed by atoms with van der Waals surface area (Å²) in [5, 5.41) is 0. The third kappa shape index (κ3) is 3.74. The van der Waals surface area contributed by atoms with Crippen molar-refractivity contribution in [1.82, 2.24) is 0 Å². The van der Waals surface area contributed by atoms with Gasteiger partial charge in [0.1, 0.15) is 5.82 Å². The second-order valence-corrected chi connectivity index (χ2v) is 5.25. The first-order valence-corrected chi connectivity index (χ1v) is 5.40. The van der Waals surface area contributed by atoms with E-state index >= 15 is 0 Å². The molecule has 88 valence electrons. The average Bonchev–Trinajstić information content (AvgIpc) is 2.14. The highest BCUT2D eigenvalue weighted by atomic mass is 19.1. The number of benzene rings is 1. The predicted octanol–water partition coefficient (Wildman–Crippen LogP) is 2.35. The Morgan fingerprint density at radius 1 is 1.38 bits per heavy atom. The van der Waals surface area contributed by atoms with Crippen molar-refractivity contribution < 1.29 is 13.7 Å². The molecule has 16 heavy (non-hydrogen) atoms. The van der Waals surface area contributed by atoms with Gasteiger partial charge >= 0.3 is 0 Å². The van der Waals surface area contributed by atoms with Gasteiger partial charge in [0.05, 0.1) is 33.6 Å². The van der Waals surface area contributed by atoms with Crippen LogP contribution in [0.15, 0.2) is 24.3 Å². The van der Waals surface area contributed by atoms with E-state index in [-0.39, 0.29) is 17.5 Å². The van der Waals surface area contributed by atoms with Gasteiger partial charge in [-0.05, 0) is 19.1 Å². The summed E-state index contributed by atoms with van der Waals surface area (Å²) < 4.78 is 13.7. The summed E-state index contributed by atoms with van der Waals surface area (Å²) in [5.74, 6) is -0.447. The smallest absolute Gasteiger partial charge is 0.171 e. The lowest BCUT2D eigenvalue weighted by molar-refractivity contribution is -0.872. The van der Waals surface area contributed by atoms with Crippen LogP contribution in [0.5, 0.6) is 0 Å². The molecule has 3 heteroatoms. The summed E-state index contributed by atoms with van der Waals surface area (Å²) in [4.78, 5) is 12.0. The Labute approximate surface area is 96.3 Å². The van der Waals surface area contributed by atoms with E-state index in [1.54, 1.807) is 12.1 Å². The molecule has 0 saturated carbocycles. The fourth-order valence-electron chi connectivity index (χ4n) is 1.83. The molecule has 0 saturated heterocycles. The first-order chi connectivity index (χ1) is 7.29. The van der Waals surface area contributed by atoms with Crippen LogP contribution in [0, 0.1) is 11.7 Å². The van der Waals surface area contributed by atoms with E-state index in [1.807, 2.05) is 28.1 Å². The first-order valence-electron chi connectivity index (χ1n) is 5.40. The first kappa shape index (κ1) is 12.8. The Morgan fingerprint density at radius 2 is 2.00 bits per heavy atom. The number of Topliss-reactive ketones (excluding diaryl/α,β-unsaturated/α-hetero) is 1. The van der Waals surface area contributed by atoms with Crippen LogP contribution >= 0.6 is 0 Å². The molecule has 2 nitrogen and oxygen atoms in total. The van der Waals surface area contributed by atoms with Gasteiger partial charge in [0, 0.05) is 5.56 Å². The molecule has 0 aliphatic heterocycles. The number of ketones is 1. The summed E-state index contributed by atoms with van der Waals surface area (Å²) in [7, 11) is 6.11. The van der Waals surface area contributed by atoms with Crippen LogP contribution in [-0.2, 0) is 0 Å². The molecule has 0 aliphatic carbocycles. The Balaban J connectivity index is 2.78. The van der Waals surface area contributed by atoms with E-state index < -0.39 is 0 Å². The maximum absolute atomic E-state index is 13.0. The molecule has 1 rings (SSSR count). The van der Waals surface area contributed by atoms with Crippen molar-refractivity contribution in [2.24, 2.45) is 5.92 Å². The third-order valence-electron chi connectivity index (χ3n) is 2.38. The summed E-state index contributed by atoms with van der Waals surface area (Å²) in [6.07, 6.45) is 0. The normalized spacial score (nSPS) is 13.6. The molecule has 0 radical (unpaired) electrons. The Morgan fingerprint density at radius 3 is 2.50 bits per heavy atom. The van der Waals surface area contributed by atoms with Crippen molar-refractivity contribution in [1.29, 1.82) is 0 Å². The van der Waals surface area contributed by atoms with Crippen LogP contribution in [0.2, 0.25) is 0 Å². The summed E-state index contributed by atoms with van der Waals surface area (Å²) >= 11 is 0. The monoisotopic (exact) mass is 224 g/mol. The Hall–Kier alpha value is -1.22. The fraction of sp³-hybridized carbons (Fsp3) is 0.462. The number of carbonyl (C=O) groups is 1. The number of hydrogen-bond donors (Lipinski definition) is 0. The molecular formula is C13H19FNO+. The second kappa shape index (κ2) is 4.74. The zero-order valence-electron chi connectivity index (χ0n) is 10.3. The molecule has 0 amide bonds. The van der Waals surface area contributed by atoms with Gasteiger partial charge in [-0.3, -0.25) is 4.79 Å². The summed E-state index contributed by atoms with van der Waals surface area (Å²) in [5.41, 5.74) is 0.459. The number of nitrogens with zero attached hydrogens (tertiary/aromatic N) is 1. The molecule has 0 spiro atoms. The van der Waals surface area contributed by atoms with Gasteiger partial charge in [0.25, 0.3) is 0 Å². The lowest BCUT2D eigenvalue weighted by atomic mass is 9.98. The van der Waals surface area contributed by atoms with E-state index in [2.05, 4.69) is 0 Å².